The van der Waals surface area contributed by atoms with E-state index < -0.39 is 11.7 Å². The number of aromatic nitrogens is 2. The molecule has 1 saturated heterocycles. The molecule has 29 heavy (non-hydrogen) atoms. The van der Waals surface area contributed by atoms with E-state index in [2.05, 4.69) is 9.97 Å². The van der Waals surface area contributed by atoms with Crippen LogP contribution < -0.4 is 5.73 Å². The van der Waals surface area contributed by atoms with Gasteiger partial charge in [-0.25, -0.2) is 9.97 Å². The number of rotatable bonds is 4. The molecule has 1 amide bonds. The van der Waals surface area contributed by atoms with Crippen LogP contribution in [0.25, 0.3) is 11.1 Å². The molecule has 9 heteroatoms. The van der Waals surface area contributed by atoms with Gasteiger partial charge < -0.3 is 15.5 Å². The van der Waals surface area contributed by atoms with Gasteiger partial charge in [0.1, 0.15) is 0 Å². The fourth-order valence-electron chi connectivity index (χ4n) is 3.62. The van der Waals surface area contributed by atoms with Gasteiger partial charge in [0.05, 0.1) is 23.8 Å². The van der Waals surface area contributed by atoms with E-state index in [4.69, 9.17) is 5.73 Å². The van der Waals surface area contributed by atoms with Crippen LogP contribution in [0.5, 0.6) is 0 Å². The number of piperidine rings is 1. The summed E-state index contributed by atoms with van der Waals surface area (Å²) >= 11 is 0. The summed E-state index contributed by atoms with van der Waals surface area (Å²) in [6, 6.07) is 4.68. The number of halogens is 3. The Morgan fingerprint density at radius 2 is 2.07 bits per heavy atom. The quantitative estimate of drug-likeness (QED) is 0.841. The van der Waals surface area contributed by atoms with Crippen molar-refractivity contribution in [1.82, 2.24) is 19.8 Å². The Morgan fingerprint density at radius 1 is 1.31 bits per heavy atom. The highest BCUT2D eigenvalue weighted by Gasteiger charge is 2.33. The van der Waals surface area contributed by atoms with E-state index in [0.717, 1.165) is 25.0 Å². The lowest BCUT2D eigenvalue weighted by molar-refractivity contribution is -0.137. The Labute approximate surface area is 167 Å². The van der Waals surface area contributed by atoms with Gasteiger partial charge in [-0.2, -0.15) is 13.2 Å². The molecule has 0 radical (unpaired) electrons. The minimum Gasteiger partial charge on any atom is -0.368 e. The van der Waals surface area contributed by atoms with Gasteiger partial charge in [0.2, 0.25) is 11.9 Å². The molecule has 1 unspecified atom stereocenters. The first-order valence-electron chi connectivity index (χ1n) is 9.41. The maximum atomic E-state index is 13.2. The van der Waals surface area contributed by atoms with Gasteiger partial charge in [-0.05, 0) is 51.1 Å². The number of carbonyl (C=O) groups excluding carboxylic acids is 1. The second-order valence-corrected chi connectivity index (χ2v) is 7.44. The second-order valence-electron chi connectivity index (χ2n) is 7.44. The minimum atomic E-state index is -4.45. The van der Waals surface area contributed by atoms with E-state index in [1.807, 2.05) is 14.1 Å². The zero-order valence-electron chi connectivity index (χ0n) is 16.4. The van der Waals surface area contributed by atoms with Crippen LogP contribution in [0.15, 0.2) is 30.5 Å². The smallest absolute Gasteiger partial charge is 0.368 e. The second kappa shape index (κ2) is 8.36. The number of amides is 1. The molecule has 0 aliphatic carbocycles. The van der Waals surface area contributed by atoms with E-state index in [-0.39, 0.29) is 24.4 Å². The topological polar surface area (TPSA) is 75.4 Å². The number of hydrogen-bond acceptors (Lipinski definition) is 5. The number of benzene rings is 1. The molecule has 1 aromatic heterocycles. The largest absolute Gasteiger partial charge is 0.416 e. The van der Waals surface area contributed by atoms with Crippen LogP contribution in [0.3, 0.4) is 0 Å². The molecule has 1 atom stereocenters. The fourth-order valence-corrected chi connectivity index (χ4v) is 3.62. The van der Waals surface area contributed by atoms with Crippen molar-refractivity contribution in [3.8, 4) is 11.1 Å². The third-order valence-corrected chi connectivity index (χ3v) is 4.93. The number of carbonyl (C=O) groups is 1. The number of anilines is 1. The molecule has 3 rings (SSSR count). The average molecular weight is 407 g/mol. The number of nitrogens with two attached hydrogens (primary N) is 1. The van der Waals surface area contributed by atoms with E-state index in [0.29, 0.717) is 29.8 Å². The third kappa shape index (κ3) is 4.84. The Balaban J connectivity index is 2.06. The predicted molar refractivity (Wildman–Crippen MR) is 104 cm³/mol. The lowest BCUT2D eigenvalue weighted by atomic mass is 9.93. The fraction of sp³-hybridized carbons (Fsp3) is 0.450. The molecular weight excluding hydrogens is 383 g/mol. The van der Waals surface area contributed by atoms with Crippen LogP contribution in [-0.4, -0.2) is 52.9 Å². The zero-order valence-corrected chi connectivity index (χ0v) is 16.4. The Kier molecular flexibility index (Phi) is 6.07. The highest BCUT2D eigenvalue weighted by Crippen LogP contribution is 2.38. The predicted octanol–water partition coefficient (Wildman–Crippen LogP) is 3.36. The van der Waals surface area contributed by atoms with Gasteiger partial charge in [0.15, 0.2) is 0 Å². The molecule has 0 spiro atoms. The van der Waals surface area contributed by atoms with E-state index >= 15 is 0 Å². The SMILES string of the molecule is CN(C)CC(=O)N1CCCCC1c1nc(N)ncc1-c1cccc(C(F)(F)F)c1. The van der Waals surface area contributed by atoms with Gasteiger partial charge in [0.25, 0.3) is 0 Å². The first kappa shape index (κ1) is 21.0. The summed E-state index contributed by atoms with van der Waals surface area (Å²) in [5.74, 6) is -0.0202. The number of likely N-dealkylation sites (N-methyl/N-ethyl adjacent to an activating group) is 1. The summed E-state index contributed by atoms with van der Waals surface area (Å²) in [5.41, 5.74) is 6.35. The highest BCUT2D eigenvalue weighted by atomic mass is 19.4. The zero-order chi connectivity index (χ0) is 21.2. The molecule has 156 valence electrons. The van der Waals surface area contributed by atoms with Crippen molar-refractivity contribution in [3.05, 3.63) is 41.7 Å². The first-order valence-corrected chi connectivity index (χ1v) is 9.41. The Bertz CT molecular complexity index is 885. The summed E-state index contributed by atoms with van der Waals surface area (Å²) in [6.07, 6.45) is -0.585. The summed E-state index contributed by atoms with van der Waals surface area (Å²) < 4.78 is 39.6. The minimum absolute atomic E-state index is 0.0290. The molecule has 1 fully saturated rings. The Hall–Kier alpha value is -2.68. The number of nitrogen functional groups attached to an aromatic ring is 1. The maximum Gasteiger partial charge on any atom is 0.416 e. The van der Waals surface area contributed by atoms with Crippen molar-refractivity contribution < 1.29 is 18.0 Å². The van der Waals surface area contributed by atoms with Gasteiger partial charge >= 0.3 is 6.18 Å². The number of hydrogen-bond donors (Lipinski definition) is 1. The van der Waals surface area contributed by atoms with Crippen LogP contribution in [0.2, 0.25) is 0 Å². The standard InChI is InChI=1S/C20H24F3N5O/c1-27(2)12-17(29)28-9-4-3-8-16(28)18-15(11-25-19(24)26-18)13-6-5-7-14(10-13)20(21,22)23/h5-7,10-11,16H,3-4,8-9,12H2,1-2H3,(H2,24,25,26). The van der Waals surface area contributed by atoms with Crippen molar-refractivity contribution in [3.63, 3.8) is 0 Å². The normalized spacial score (nSPS) is 17.6. The van der Waals surface area contributed by atoms with E-state index in [1.165, 1.54) is 12.3 Å². The first-order chi connectivity index (χ1) is 13.7. The summed E-state index contributed by atoms with van der Waals surface area (Å²) in [6.45, 7) is 0.819. The van der Waals surface area contributed by atoms with Crippen molar-refractivity contribution in [2.75, 3.05) is 32.9 Å². The molecule has 0 saturated carbocycles. The van der Waals surface area contributed by atoms with Crippen molar-refractivity contribution in [2.24, 2.45) is 0 Å². The average Bonchev–Trinajstić information content (AvgIpc) is 2.67. The maximum absolute atomic E-state index is 13.2. The Morgan fingerprint density at radius 3 is 2.76 bits per heavy atom. The third-order valence-electron chi connectivity index (χ3n) is 4.93. The van der Waals surface area contributed by atoms with Gasteiger partial charge in [-0.3, -0.25) is 4.79 Å². The molecule has 1 aromatic carbocycles. The molecular formula is C20H24F3N5O. The van der Waals surface area contributed by atoms with Gasteiger partial charge in [-0.1, -0.05) is 12.1 Å². The van der Waals surface area contributed by atoms with Crippen molar-refractivity contribution in [1.29, 1.82) is 0 Å². The van der Waals surface area contributed by atoms with Crippen molar-refractivity contribution >= 4 is 11.9 Å². The van der Waals surface area contributed by atoms with Gasteiger partial charge in [-0.15, -0.1) is 0 Å². The van der Waals surface area contributed by atoms with Crippen LogP contribution in [0.1, 0.15) is 36.6 Å². The molecule has 1 aliphatic heterocycles. The molecule has 2 N–H and O–H groups in total. The molecule has 6 nitrogen and oxygen atoms in total. The summed E-state index contributed by atoms with van der Waals surface area (Å²) in [4.78, 5) is 24.7. The summed E-state index contributed by atoms with van der Waals surface area (Å²) in [5, 5.41) is 0. The van der Waals surface area contributed by atoms with Gasteiger partial charge in [0, 0.05) is 18.3 Å². The lowest BCUT2D eigenvalue weighted by Gasteiger charge is -2.37. The van der Waals surface area contributed by atoms with E-state index in [9.17, 15) is 18.0 Å². The lowest BCUT2D eigenvalue weighted by Crippen LogP contribution is -2.43. The van der Waals surface area contributed by atoms with Crippen LogP contribution in [-0.2, 0) is 11.0 Å². The number of alkyl halides is 3. The summed E-state index contributed by atoms with van der Waals surface area (Å²) in [7, 11) is 3.63. The van der Waals surface area contributed by atoms with Crippen molar-refractivity contribution in [2.45, 2.75) is 31.5 Å². The number of nitrogens with zero attached hydrogens (tertiary/aromatic N) is 4. The number of likely N-dealkylation sites (tertiary alicyclic amines) is 1. The van der Waals surface area contributed by atoms with Crippen LogP contribution in [0.4, 0.5) is 19.1 Å². The highest BCUT2D eigenvalue weighted by molar-refractivity contribution is 5.79. The molecule has 1 aliphatic rings. The van der Waals surface area contributed by atoms with Crippen LogP contribution >= 0.6 is 0 Å². The monoisotopic (exact) mass is 407 g/mol. The molecule has 2 aromatic rings. The van der Waals surface area contributed by atoms with Crippen LogP contribution in [0, 0.1) is 0 Å². The van der Waals surface area contributed by atoms with E-state index in [1.54, 1.807) is 15.9 Å². The molecule has 0 bridgehead atoms. The molecule has 2 heterocycles.